The highest BCUT2D eigenvalue weighted by Gasteiger charge is 2.50. The normalized spacial score (nSPS) is 38.1. The summed E-state index contributed by atoms with van der Waals surface area (Å²) in [6, 6.07) is 8.86. The van der Waals surface area contributed by atoms with Gasteiger partial charge >= 0.3 is 0 Å². The van der Waals surface area contributed by atoms with E-state index in [4.69, 9.17) is 0 Å². The van der Waals surface area contributed by atoms with E-state index in [0.717, 1.165) is 24.2 Å². The number of benzene rings is 1. The molecule has 0 spiro atoms. The van der Waals surface area contributed by atoms with Gasteiger partial charge in [0.25, 0.3) is 0 Å². The van der Waals surface area contributed by atoms with Crippen LogP contribution in [0.3, 0.4) is 0 Å². The fraction of sp³-hybridized carbons (Fsp3) is 0.684. The van der Waals surface area contributed by atoms with Gasteiger partial charge in [-0.2, -0.15) is 0 Å². The number of nitrogens with one attached hydrogen (secondary N) is 1. The van der Waals surface area contributed by atoms with Crippen LogP contribution in [0.2, 0.25) is 0 Å². The van der Waals surface area contributed by atoms with Crippen molar-refractivity contribution in [1.82, 2.24) is 0 Å². The van der Waals surface area contributed by atoms with Crippen molar-refractivity contribution in [2.75, 3.05) is 11.9 Å². The van der Waals surface area contributed by atoms with Crippen molar-refractivity contribution in [2.24, 2.45) is 23.2 Å². The Hall–Kier alpha value is -0.980. The van der Waals surface area contributed by atoms with Gasteiger partial charge in [-0.25, -0.2) is 0 Å². The summed E-state index contributed by atoms with van der Waals surface area (Å²) in [5.41, 5.74) is 3.48. The largest absolute Gasteiger partial charge is 0.384 e. The average Bonchev–Trinajstić information content (AvgIpc) is 2.44. The van der Waals surface area contributed by atoms with Crippen LogP contribution in [0.25, 0.3) is 0 Å². The van der Waals surface area contributed by atoms with Crippen LogP contribution in [0.5, 0.6) is 0 Å². The Balaban J connectivity index is 1.49. The Bertz CT molecular complexity index is 455. The predicted molar refractivity (Wildman–Crippen MR) is 84.9 cm³/mol. The van der Waals surface area contributed by atoms with Crippen LogP contribution in [0.15, 0.2) is 24.3 Å². The Kier molecular flexibility index (Phi) is 3.05. The van der Waals surface area contributed by atoms with Crippen LogP contribution < -0.4 is 5.32 Å². The zero-order valence-electron chi connectivity index (χ0n) is 12.7. The molecule has 0 unspecified atom stereocenters. The molecule has 1 aromatic rings. The lowest BCUT2D eigenvalue weighted by Crippen LogP contribution is -2.49. The van der Waals surface area contributed by atoms with Crippen molar-refractivity contribution in [2.45, 2.75) is 51.9 Å². The van der Waals surface area contributed by atoms with E-state index in [0.29, 0.717) is 5.41 Å². The first-order valence-corrected chi connectivity index (χ1v) is 8.58. The topological polar surface area (TPSA) is 12.0 Å². The molecule has 4 bridgehead atoms. The molecular weight excluding hydrogens is 242 g/mol. The van der Waals surface area contributed by atoms with Gasteiger partial charge in [0.2, 0.25) is 0 Å². The van der Waals surface area contributed by atoms with Gasteiger partial charge in [-0.15, -0.1) is 0 Å². The fourth-order valence-corrected chi connectivity index (χ4v) is 5.79. The van der Waals surface area contributed by atoms with E-state index < -0.39 is 0 Å². The molecule has 4 aliphatic rings. The fourth-order valence-electron chi connectivity index (χ4n) is 5.79. The lowest BCUT2D eigenvalue weighted by Gasteiger charge is -2.57. The van der Waals surface area contributed by atoms with Crippen molar-refractivity contribution in [3.8, 4) is 0 Å². The number of aryl methyl sites for hydroxylation is 1. The van der Waals surface area contributed by atoms with Gasteiger partial charge in [0.1, 0.15) is 0 Å². The van der Waals surface area contributed by atoms with Crippen molar-refractivity contribution >= 4 is 5.69 Å². The molecule has 1 nitrogen and oxygen atoms in total. The minimum Gasteiger partial charge on any atom is -0.384 e. The molecule has 4 saturated carbocycles. The molecule has 0 aliphatic heterocycles. The summed E-state index contributed by atoms with van der Waals surface area (Å²) >= 11 is 0. The molecular formula is C19H27N. The van der Waals surface area contributed by atoms with E-state index >= 15 is 0 Å². The van der Waals surface area contributed by atoms with E-state index in [-0.39, 0.29) is 0 Å². The Morgan fingerprint density at radius 1 is 1.00 bits per heavy atom. The second-order valence-corrected chi connectivity index (χ2v) is 7.78. The molecule has 5 rings (SSSR count). The molecule has 4 fully saturated rings. The Morgan fingerprint density at radius 2 is 1.60 bits per heavy atom. The first-order valence-electron chi connectivity index (χ1n) is 8.58. The summed E-state index contributed by atoms with van der Waals surface area (Å²) in [7, 11) is 0. The van der Waals surface area contributed by atoms with Crippen LogP contribution in [-0.4, -0.2) is 6.54 Å². The van der Waals surface area contributed by atoms with Gasteiger partial charge in [-0.05, 0) is 79.7 Å². The second-order valence-electron chi connectivity index (χ2n) is 7.78. The highest BCUT2D eigenvalue weighted by atomic mass is 14.9. The first kappa shape index (κ1) is 12.7. The number of para-hydroxylation sites is 1. The number of hydrogen-bond acceptors (Lipinski definition) is 1. The SMILES string of the molecule is CCc1ccccc1NCC12CC3CC(CC(C3)C1)C2. The molecule has 0 heterocycles. The standard InChI is InChI=1S/C19H27N/c1-2-17-5-3-4-6-18(17)20-13-19-10-14-7-15(11-19)9-16(8-14)12-19/h3-6,14-16,20H,2,7-13H2,1H3. The average molecular weight is 269 g/mol. The van der Waals surface area contributed by atoms with Crippen LogP contribution in [0, 0.1) is 23.2 Å². The maximum Gasteiger partial charge on any atom is 0.0372 e. The van der Waals surface area contributed by atoms with Gasteiger partial charge in [0.15, 0.2) is 0 Å². The van der Waals surface area contributed by atoms with Crippen molar-refractivity contribution < 1.29 is 0 Å². The van der Waals surface area contributed by atoms with Crippen molar-refractivity contribution in [3.05, 3.63) is 29.8 Å². The lowest BCUT2D eigenvalue weighted by atomic mass is 9.49. The van der Waals surface area contributed by atoms with Crippen molar-refractivity contribution in [3.63, 3.8) is 0 Å². The molecule has 0 amide bonds. The minimum atomic E-state index is 0.635. The molecule has 1 N–H and O–H groups in total. The van der Waals surface area contributed by atoms with Gasteiger partial charge in [0, 0.05) is 12.2 Å². The van der Waals surface area contributed by atoms with E-state index in [9.17, 15) is 0 Å². The predicted octanol–water partition coefficient (Wildman–Crippen LogP) is 4.88. The van der Waals surface area contributed by atoms with Gasteiger partial charge < -0.3 is 5.32 Å². The third-order valence-corrected chi connectivity index (χ3v) is 6.22. The second kappa shape index (κ2) is 4.79. The first-order chi connectivity index (χ1) is 9.76. The monoisotopic (exact) mass is 269 g/mol. The summed E-state index contributed by atoms with van der Waals surface area (Å²) in [6.07, 6.45) is 10.3. The summed E-state index contributed by atoms with van der Waals surface area (Å²) in [4.78, 5) is 0. The maximum atomic E-state index is 3.82. The molecule has 0 saturated heterocycles. The molecule has 108 valence electrons. The summed E-state index contributed by atoms with van der Waals surface area (Å²) in [5.74, 6) is 3.18. The lowest BCUT2D eigenvalue weighted by molar-refractivity contribution is -0.0444. The van der Waals surface area contributed by atoms with Gasteiger partial charge in [-0.1, -0.05) is 25.1 Å². The Labute approximate surface area is 123 Å². The molecule has 0 atom stereocenters. The number of hydrogen-bond donors (Lipinski definition) is 1. The summed E-state index contributed by atoms with van der Waals surface area (Å²) < 4.78 is 0. The molecule has 0 radical (unpaired) electrons. The van der Waals surface area contributed by atoms with Crippen LogP contribution >= 0.6 is 0 Å². The molecule has 4 aliphatic carbocycles. The highest BCUT2D eigenvalue weighted by Crippen LogP contribution is 2.59. The van der Waals surface area contributed by atoms with Crippen LogP contribution in [0.4, 0.5) is 5.69 Å². The Morgan fingerprint density at radius 3 is 2.20 bits per heavy atom. The quantitative estimate of drug-likeness (QED) is 0.821. The van der Waals surface area contributed by atoms with E-state index in [1.165, 1.54) is 37.1 Å². The number of rotatable bonds is 4. The van der Waals surface area contributed by atoms with Gasteiger partial charge in [-0.3, -0.25) is 0 Å². The maximum absolute atomic E-state index is 3.82. The molecule has 20 heavy (non-hydrogen) atoms. The van der Waals surface area contributed by atoms with E-state index in [1.54, 1.807) is 19.3 Å². The van der Waals surface area contributed by atoms with E-state index in [2.05, 4.69) is 36.5 Å². The third-order valence-electron chi connectivity index (χ3n) is 6.22. The van der Waals surface area contributed by atoms with Gasteiger partial charge in [0.05, 0.1) is 0 Å². The van der Waals surface area contributed by atoms with Crippen LogP contribution in [0.1, 0.15) is 51.0 Å². The molecule has 1 heteroatoms. The number of anilines is 1. The highest BCUT2D eigenvalue weighted by molar-refractivity contribution is 5.51. The zero-order chi connectivity index (χ0) is 13.6. The summed E-state index contributed by atoms with van der Waals surface area (Å²) in [6.45, 7) is 3.47. The molecule has 0 aromatic heterocycles. The minimum absolute atomic E-state index is 0.635. The van der Waals surface area contributed by atoms with E-state index in [1.807, 2.05) is 0 Å². The van der Waals surface area contributed by atoms with Crippen molar-refractivity contribution in [1.29, 1.82) is 0 Å². The smallest absolute Gasteiger partial charge is 0.0372 e. The van der Waals surface area contributed by atoms with Crippen LogP contribution in [-0.2, 0) is 6.42 Å². The summed E-state index contributed by atoms with van der Waals surface area (Å²) in [5, 5.41) is 3.82. The third kappa shape index (κ3) is 2.16. The molecule has 1 aromatic carbocycles. The zero-order valence-corrected chi connectivity index (χ0v) is 12.7.